The number of anilines is 3. The normalized spacial score (nSPS) is 16.3. The third-order valence-corrected chi connectivity index (χ3v) is 14.2. The van der Waals surface area contributed by atoms with Crippen LogP contribution < -0.4 is 24.6 Å². The zero-order valence-corrected chi connectivity index (χ0v) is 39.7. The lowest BCUT2D eigenvalue weighted by atomic mass is 9.98. The molecule has 0 radical (unpaired) electrons. The number of carbonyl (C=O) groups is 2. The van der Waals surface area contributed by atoms with Crippen LogP contribution in [-0.4, -0.2) is 109 Å². The average Bonchev–Trinajstić information content (AvgIpc) is 3.34. The second-order valence-corrected chi connectivity index (χ2v) is 18.9. The molecule has 3 aliphatic heterocycles. The summed E-state index contributed by atoms with van der Waals surface area (Å²) in [6, 6.07) is 27.3. The Labute approximate surface area is 399 Å². The summed E-state index contributed by atoms with van der Waals surface area (Å²) in [5, 5.41) is 25.1. The average molecular weight is 940 g/mol. The molecule has 3 heterocycles. The molecule has 0 saturated carbocycles. The van der Waals surface area contributed by atoms with Crippen LogP contribution in [0.1, 0.15) is 65.2 Å². The number of nitriles is 2. The number of nitrogens with two attached hydrogens (primary N) is 1. The third kappa shape index (κ3) is 10.4. The minimum absolute atomic E-state index is 0.0435. The Balaban J connectivity index is 0.852. The van der Waals surface area contributed by atoms with Gasteiger partial charge in [-0.1, -0.05) is 24.3 Å². The lowest BCUT2D eigenvalue weighted by molar-refractivity contribution is 0.0729. The molecule has 16 heteroatoms. The van der Waals surface area contributed by atoms with Gasteiger partial charge in [0.2, 0.25) is 0 Å². The number of ether oxygens (including phenoxy) is 1. The smallest absolute Gasteiger partial charge is 0.343 e. The van der Waals surface area contributed by atoms with E-state index in [9.17, 15) is 33.1 Å². The summed E-state index contributed by atoms with van der Waals surface area (Å²) in [5.74, 6) is -1.86. The van der Waals surface area contributed by atoms with E-state index in [0.29, 0.717) is 80.4 Å². The van der Waals surface area contributed by atoms with Crippen molar-refractivity contribution in [2.75, 3.05) is 93.2 Å². The van der Waals surface area contributed by atoms with Crippen molar-refractivity contribution >= 4 is 39.9 Å². The summed E-state index contributed by atoms with van der Waals surface area (Å²) in [6.45, 7) is 16.5. The molecular formula is C52H55F2N9O4S. The highest BCUT2D eigenvalue weighted by atomic mass is 32.2. The molecule has 5 aromatic rings. The van der Waals surface area contributed by atoms with Gasteiger partial charge >= 0.3 is 5.97 Å². The standard InChI is InChI=1S/C52H55F2N9O4S/c1-34-23-36(3)43(51(64)63-21-19-62(20-22-63)49-28-46(54)50(68(57)66)29-45(49)53)26-40(34)32-58-13-17-61(18-14-58)48-10-9-42(25-39(48)31-56)67-52(65)44-27-41(35(2)24-37(44)4)33-59-11-15-60(16-12-59)47-8-6-5-7-38(47)30-55/h5-10,23-29H,11-22,32-33,57H2,1-4H3. The highest BCUT2D eigenvalue weighted by molar-refractivity contribution is 7.82. The summed E-state index contributed by atoms with van der Waals surface area (Å²) in [5.41, 5.74) is 9.89. The van der Waals surface area contributed by atoms with Crippen LogP contribution in [0, 0.1) is 62.0 Å². The molecule has 13 nitrogen and oxygen atoms in total. The van der Waals surface area contributed by atoms with E-state index < -0.39 is 33.5 Å². The lowest BCUT2D eigenvalue weighted by Crippen LogP contribution is -2.49. The molecule has 8 rings (SSSR count). The summed E-state index contributed by atoms with van der Waals surface area (Å²) >= 11 is 0. The number of nitrogens with zero attached hydrogens (tertiary/aromatic N) is 8. The van der Waals surface area contributed by atoms with Crippen LogP contribution in [-0.2, 0) is 24.1 Å². The van der Waals surface area contributed by atoms with Gasteiger partial charge in [0.05, 0.1) is 38.6 Å². The van der Waals surface area contributed by atoms with Crippen LogP contribution in [0.3, 0.4) is 0 Å². The molecule has 0 spiro atoms. The molecule has 352 valence electrons. The maximum absolute atomic E-state index is 14.9. The van der Waals surface area contributed by atoms with Gasteiger partial charge in [-0.25, -0.2) is 22.9 Å². The number of rotatable bonds is 11. The van der Waals surface area contributed by atoms with E-state index in [0.717, 1.165) is 96.2 Å². The number of hydrogen-bond donors (Lipinski definition) is 1. The van der Waals surface area contributed by atoms with Gasteiger partial charge in [0.15, 0.2) is 0 Å². The summed E-state index contributed by atoms with van der Waals surface area (Å²) in [6.07, 6.45) is 0. The van der Waals surface area contributed by atoms with Crippen LogP contribution in [0.4, 0.5) is 25.8 Å². The SMILES string of the molecule is Cc1cc(C)c(C(=O)Oc2ccc(N3CCN(Cc4cc(C(=O)N5CCN(c6cc(F)c(S(N)=O)cc6F)CC5)c(C)cc4C)CC3)c(C#N)c2)cc1CN1CCN(c2ccccc2C#N)CC1. The van der Waals surface area contributed by atoms with Gasteiger partial charge in [-0.05, 0) is 104 Å². The second-order valence-electron chi connectivity index (χ2n) is 17.8. The van der Waals surface area contributed by atoms with Crippen LogP contribution in [0.2, 0.25) is 0 Å². The number of para-hydroxylation sites is 1. The molecule has 0 bridgehead atoms. The van der Waals surface area contributed by atoms with Crippen molar-refractivity contribution in [2.45, 2.75) is 45.7 Å². The molecule has 1 atom stereocenters. The fraction of sp³-hybridized carbons (Fsp3) is 0.346. The van der Waals surface area contributed by atoms with Crippen LogP contribution >= 0.6 is 0 Å². The molecule has 2 N–H and O–H groups in total. The number of carbonyl (C=O) groups excluding carboxylic acids is 2. The number of piperazine rings is 3. The first kappa shape index (κ1) is 47.8. The van der Waals surface area contributed by atoms with E-state index >= 15 is 0 Å². The highest BCUT2D eigenvalue weighted by Gasteiger charge is 2.28. The molecule has 5 aromatic carbocycles. The number of hydrogen-bond acceptors (Lipinski definition) is 11. The van der Waals surface area contributed by atoms with E-state index in [2.05, 4.69) is 38.7 Å². The van der Waals surface area contributed by atoms with Crippen LogP contribution in [0.5, 0.6) is 5.75 Å². The van der Waals surface area contributed by atoms with Crippen molar-refractivity contribution < 1.29 is 27.3 Å². The molecule has 3 aliphatic rings. The Morgan fingerprint density at radius 1 is 0.603 bits per heavy atom. The van der Waals surface area contributed by atoms with Crippen LogP contribution in [0.25, 0.3) is 0 Å². The topological polar surface area (TPSA) is 153 Å². The minimum atomic E-state index is -2.15. The Morgan fingerprint density at radius 2 is 1.12 bits per heavy atom. The summed E-state index contributed by atoms with van der Waals surface area (Å²) < 4.78 is 46.9. The van der Waals surface area contributed by atoms with Crippen LogP contribution in [0.15, 0.2) is 83.8 Å². The molecule has 0 aromatic heterocycles. The lowest BCUT2D eigenvalue weighted by Gasteiger charge is -2.37. The summed E-state index contributed by atoms with van der Waals surface area (Å²) in [4.78, 5) is 39.7. The highest BCUT2D eigenvalue weighted by Crippen LogP contribution is 2.30. The number of benzene rings is 5. The predicted molar refractivity (Wildman–Crippen MR) is 259 cm³/mol. The van der Waals surface area contributed by atoms with Crippen molar-refractivity contribution in [2.24, 2.45) is 5.14 Å². The number of aryl methyl sites for hydroxylation is 4. The molecule has 0 aliphatic carbocycles. The van der Waals surface area contributed by atoms with E-state index in [1.165, 1.54) is 0 Å². The van der Waals surface area contributed by atoms with E-state index in [-0.39, 0.29) is 11.6 Å². The van der Waals surface area contributed by atoms with Gasteiger partial charge in [-0.15, -0.1) is 0 Å². The predicted octanol–water partition coefficient (Wildman–Crippen LogP) is 6.75. The van der Waals surface area contributed by atoms with Gasteiger partial charge in [-0.3, -0.25) is 14.6 Å². The van der Waals surface area contributed by atoms with Crippen molar-refractivity contribution in [3.8, 4) is 17.9 Å². The fourth-order valence-corrected chi connectivity index (χ4v) is 10.0. The Hall–Kier alpha value is -6.69. The monoisotopic (exact) mass is 939 g/mol. The van der Waals surface area contributed by atoms with E-state index in [1.54, 1.807) is 21.9 Å². The van der Waals surface area contributed by atoms with Gasteiger partial charge in [0.1, 0.15) is 40.5 Å². The second kappa shape index (κ2) is 20.7. The van der Waals surface area contributed by atoms with Gasteiger partial charge in [-0.2, -0.15) is 10.5 Å². The number of halogens is 2. The quantitative estimate of drug-likeness (QED) is 0.111. The minimum Gasteiger partial charge on any atom is -0.423 e. The molecule has 3 saturated heterocycles. The maximum Gasteiger partial charge on any atom is 0.343 e. The van der Waals surface area contributed by atoms with Gasteiger partial charge in [0, 0.05) is 109 Å². The largest absolute Gasteiger partial charge is 0.423 e. The molecule has 3 fully saturated rings. The molecule has 68 heavy (non-hydrogen) atoms. The first-order chi connectivity index (χ1) is 32.7. The van der Waals surface area contributed by atoms with Gasteiger partial charge < -0.3 is 24.3 Å². The first-order valence-corrected chi connectivity index (χ1v) is 24.0. The van der Waals surface area contributed by atoms with Crippen molar-refractivity contribution in [1.29, 1.82) is 10.5 Å². The Bertz CT molecular complexity index is 2860. The molecule has 1 unspecified atom stereocenters. The molecule has 1 amide bonds. The zero-order valence-electron chi connectivity index (χ0n) is 38.9. The first-order valence-electron chi connectivity index (χ1n) is 22.8. The Morgan fingerprint density at radius 3 is 1.69 bits per heavy atom. The van der Waals surface area contributed by atoms with Gasteiger partial charge in [0.25, 0.3) is 5.91 Å². The number of amides is 1. The van der Waals surface area contributed by atoms with Crippen molar-refractivity contribution in [3.63, 3.8) is 0 Å². The zero-order chi connectivity index (χ0) is 48.2. The van der Waals surface area contributed by atoms with E-state index in [4.69, 9.17) is 9.88 Å². The van der Waals surface area contributed by atoms with E-state index in [1.807, 2.05) is 75.4 Å². The number of esters is 1. The molecular weight excluding hydrogens is 885 g/mol. The Kier molecular flexibility index (Phi) is 14.5. The maximum atomic E-state index is 14.9. The fourth-order valence-electron chi connectivity index (χ4n) is 9.55. The van der Waals surface area contributed by atoms with Crippen molar-refractivity contribution in [1.82, 2.24) is 14.7 Å². The third-order valence-electron chi connectivity index (χ3n) is 13.5. The summed E-state index contributed by atoms with van der Waals surface area (Å²) in [7, 11) is -2.15. The van der Waals surface area contributed by atoms with Crippen molar-refractivity contribution in [3.05, 3.63) is 146 Å².